The Hall–Kier alpha value is -2.08. The van der Waals surface area contributed by atoms with Crippen molar-refractivity contribution in [1.29, 1.82) is 0 Å². The van der Waals surface area contributed by atoms with Gasteiger partial charge in [-0.25, -0.2) is 0 Å². The number of nitrogens with two attached hydrogens (primary N) is 1. The summed E-state index contributed by atoms with van der Waals surface area (Å²) in [4.78, 5) is 36.3. The maximum atomic E-state index is 12.3. The molecule has 0 aromatic heterocycles. The molecule has 3 N–H and O–H groups in total. The number of imide groups is 1. The van der Waals surface area contributed by atoms with Crippen molar-refractivity contribution in [2.45, 2.75) is 13.0 Å². The molecule has 0 saturated carbocycles. The van der Waals surface area contributed by atoms with Crippen molar-refractivity contribution in [3.63, 3.8) is 0 Å². The van der Waals surface area contributed by atoms with Crippen LogP contribution in [0.4, 0.5) is 5.69 Å². The van der Waals surface area contributed by atoms with Gasteiger partial charge in [-0.15, -0.1) is 0 Å². The van der Waals surface area contributed by atoms with Crippen molar-refractivity contribution < 1.29 is 14.4 Å². The van der Waals surface area contributed by atoms with Crippen LogP contribution >= 0.6 is 11.6 Å². The summed E-state index contributed by atoms with van der Waals surface area (Å²) < 4.78 is 0. The maximum Gasteiger partial charge on any atom is 0.256 e. The summed E-state index contributed by atoms with van der Waals surface area (Å²) in [6.07, 6.45) is 0. The molecule has 1 unspecified atom stereocenters. The lowest BCUT2D eigenvalue weighted by atomic mass is 10.1. The van der Waals surface area contributed by atoms with Gasteiger partial charge in [0.25, 0.3) is 5.91 Å². The minimum Gasteiger partial charge on any atom is -0.399 e. The number of anilines is 1. The zero-order chi connectivity index (χ0) is 14.2. The standard InChI is InChI=1S/C12H12ClN3O3/c1-6-11(18)15-10(17)5-16(6)12(19)8-3-2-7(14)4-9(8)13/h2-4,6H,5,14H2,1H3,(H,15,17,18). The van der Waals surface area contributed by atoms with Gasteiger partial charge in [0.1, 0.15) is 12.6 Å². The second-order valence-corrected chi connectivity index (χ2v) is 4.67. The molecule has 7 heteroatoms. The van der Waals surface area contributed by atoms with Crippen molar-refractivity contribution in [3.8, 4) is 0 Å². The van der Waals surface area contributed by atoms with E-state index in [0.717, 1.165) is 0 Å². The Balaban J connectivity index is 2.32. The van der Waals surface area contributed by atoms with Crippen LogP contribution in [0.3, 0.4) is 0 Å². The molecule has 1 heterocycles. The molecule has 0 radical (unpaired) electrons. The van der Waals surface area contributed by atoms with Crippen LogP contribution in [0, 0.1) is 0 Å². The molecule has 100 valence electrons. The van der Waals surface area contributed by atoms with E-state index >= 15 is 0 Å². The number of hydrogen-bond donors (Lipinski definition) is 2. The lowest BCUT2D eigenvalue weighted by Crippen LogP contribution is -2.58. The maximum absolute atomic E-state index is 12.3. The Morgan fingerprint density at radius 1 is 1.47 bits per heavy atom. The van der Waals surface area contributed by atoms with Crippen molar-refractivity contribution >= 4 is 35.0 Å². The number of nitrogen functional groups attached to an aromatic ring is 1. The highest BCUT2D eigenvalue weighted by atomic mass is 35.5. The lowest BCUT2D eigenvalue weighted by Gasteiger charge is -2.31. The van der Waals surface area contributed by atoms with Gasteiger partial charge in [-0.05, 0) is 25.1 Å². The highest BCUT2D eigenvalue weighted by Gasteiger charge is 2.34. The Labute approximate surface area is 114 Å². The molecular weight excluding hydrogens is 270 g/mol. The normalized spacial score (nSPS) is 19.3. The van der Waals surface area contributed by atoms with Gasteiger partial charge in [-0.3, -0.25) is 19.7 Å². The van der Waals surface area contributed by atoms with Crippen molar-refractivity contribution in [2.75, 3.05) is 12.3 Å². The van der Waals surface area contributed by atoms with Gasteiger partial charge >= 0.3 is 0 Å². The minimum atomic E-state index is -0.723. The number of piperazine rings is 1. The fraction of sp³-hybridized carbons (Fsp3) is 0.250. The first-order chi connectivity index (χ1) is 8.90. The zero-order valence-electron chi connectivity index (χ0n) is 10.1. The monoisotopic (exact) mass is 281 g/mol. The van der Waals surface area contributed by atoms with E-state index in [9.17, 15) is 14.4 Å². The van der Waals surface area contributed by atoms with Gasteiger partial charge in [0, 0.05) is 5.69 Å². The number of carbonyl (C=O) groups excluding carboxylic acids is 3. The number of halogens is 1. The zero-order valence-corrected chi connectivity index (χ0v) is 10.9. The summed E-state index contributed by atoms with van der Waals surface area (Å²) in [6.45, 7) is 1.37. The summed E-state index contributed by atoms with van der Waals surface area (Å²) in [5.74, 6) is -1.49. The number of amides is 3. The van der Waals surface area contributed by atoms with E-state index in [1.807, 2.05) is 0 Å². The van der Waals surface area contributed by atoms with Crippen LogP contribution < -0.4 is 11.1 Å². The Bertz CT molecular complexity index is 573. The number of nitrogens with zero attached hydrogens (tertiary/aromatic N) is 1. The van der Waals surface area contributed by atoms with E-state index in [1.54, 1.807) is 6.92 Å². The topological polar surface area (TPSA) is 92.5 Å². The van der Waals surface area contributed by atoms with E-state index in [-0.39, 0.29) is 17.1 Å². The summed E-state index contributed by atoms with van der Waals surface area (Å²) >= 11 is 5.95. The quantitative estimate of drug-likeness (QED) is 0.576. The van der Waals surface area contributed by atoms with E-state index < -0.39 is 23.8 Å². The fourth-order valence-corrected chi connectivity index (χ4v) is 2.09. The molecule has 1 fully saturated rings. The van der Waals surface area contributed by atoms with Gasteiger partial charge in [0.2, 0.25) is 11.8 Å². The number of rotatable bonds is 1. The van der Waals surface area contributed by atoms with E-state index in [1.165, 1.54) is 23.1 Å². The molecule has 1 aliphatic rings. The molecule has 0 bridgehead atoms. The number of carbonyl (C=O) groups is 3. The van der Waals surface area contributed by atoms with Crippen LogP contribution in [0.2, 0.25) is 5.02 Å². The van der Waals surface area contributed by atoms with Crippen molar-refractivity contribution in [2.24, 2.45) is 0 Å². The molecule has 1 atom stereocenters. The van der Waals surface area contributed by atoms with Gasteiger partial charge in [-0.1, -0.05) is 11.6 Å². The van der Waals surface area contributed by atoms with Gasteiger partial charge in [-0.2, -0.15) is 0 Å². The first kappa shape index (κ1) is 13.4. The molecule has 19 heavy (non-hydrogen) atoms. The van der Waals surface area contributed by atoms with Crippen molar-refractivity contribution in [1.82, 2.24) is 10.2 Å². The smallest absolute Gasteiger partial charge is 0.256 e. The van der Waals surface area contributed by atoms with E-state index in [0.29, 0.717) is 5.69 Å². The average Bonchev–Trinajstić information content (AvgIpc) is 2.33. The number of nitrogens with one attached hydrogen (secondary N) is 1. The average molecular weight is 282 g/mol. The predicted octanol–water partition coefficient (Wildman–Crippen LogP) is 0.409. The van der Waals surface area contributed by atoms with Gasteiger partial charge < -0.3 is 10.6 Å². The third-order valence-electron chi connectivity index (χ3n) is 2.91. The predicted molar refractivity (Wildman–Crippen MR) is 69.5 cm³/mol. The Morgan fingerprint density at radius 3 is 2.79 bits per heavy atom. The van der Waals surface area contributed by atoms with Crippen LogP contribution in [0.15, 0.2) is 18.2 Å². The second-order valence-electron chi connectivity index (χ2n) is 4.26. The number of hydrogen-bond acceptors (Lipinski definition) is 4. The Kier molecular flexibility index (Phi) is 3.44. The molecule has 3 amide bonds. The van der Waals surface area contributed by atoms with Gasteiger partial charge in [0.05, 0.1) is 10.6 Å². The highest BCUT2D eigenvalue weighted by Crippen LogP contribution is 2.22. The molecule has 1 saturated heterocycles. The fourth-order valence-electron chi connectivity index (χ4n) is 1.82. The summed E-state index contributed by atoms with van der Waals surface area (Å²) in [5, 5.41) is 2.35. The van der Waals surface area contributed by atoms with Crippen LogP contribution in [-0.4, -0.2) is 35.2 Å². The molecular formula is C12H12ClN3O3. The molecule has 0 spiro atoms. The largest absolute Gasteiger partial charge is 0.399 e. The van der Waals surface area contributed by atoms with E-state index in [2.05, 4.69) is 5.32 Å². The molecule has 6 nitrogen and oxygen atoms in total. The third-order valence-corrected chi connectivity index (χ3v) is 3.22. The second kappa shape index (κ2) is 4.89. The van der Waals surface area contributed by atoms with Crippen LogP contribution in [0.5, 0.6) is 0 Å². The van der Waals surface area contributed by atoms with Crippen LogP contribution in [0.1, 0.15) is 17.3 Å². The summed E-state index contributed by atoms with van der Waals surface area (Å²) in [5.41, 5.74) is 6.20. The van der Waals surface area contributed by atoms with Crippen LogP contribution in [0.25, 0.3) is 0 Å². The summed E-state index contributed by atoms with van der Waals surface area (Å²) in [7, 11) is 0. The van der Waals surface area contributed by atoms with Crippen LogP contribution in [-0.2, 0) is 9.59 Å². The van der Waals surface area contributed by atoms with Gasteiger partial charge in [0.15, 0.2) is 0 Å². The summed E-state index contributed by atoms with van der Waals surface area (Å²) in [6, 6.07) is 3.74. The third kappa shape index (κ3) is 2.53. The van der Waals surface area contributed by atoms with E-state index in [4.69, 9.17) is 17.3 Å². The molecule has 1 aliphatic heterocycles. The highest BCUT2D eigenvalue weighted by molar-refractivity contribution is 6.34. The lowest BCUT2D eigenvalue weighted by molar-refractivity contribution is -0.138. The molecule has 1 aromatic rings. The van der Waals surface area contributed by atoms with Crippen molar-refractivity contribution in [3.05, 3.63) is 28.8 Å². The first-order valence-electron chi connectivity index (χ1n) is 5.60. The first-order valence-corrected chi connectivity index (χ1v) is 5.97. The SMILES string of the molecule is CC1C(=O)NC(=O)CN1C(=O)c1ccc(N)cc1Cl. The molecule has 2 rings (SSSR count). The molecule has 0 aliphatic carbocycles. The minimum absolute atomic E-state index is 0.174. The molecule has 1 aromatic carbocycles. The Morgan fingerprint density at radius 2 is 2.16 bits per heavy atom. The number of benzene rings is 1.